The molecule has 1 rings (SSSR count). The topological polar surface area (TPSA) is 38.5 Å². The average molecular weight is 200 g/mol. The van der Waals surface area contributed by atoms with Gasteiger partial charge in [-0.3, -0.25) is 0 Å². The Balaban J connectivity index is 2.14. The molecule has 1 unspecified atom stereocenters. The maximum Gasteiger partial charge on any atom is 0.0469 e. The van der Waals surface area contributed by atoms with E-state index in [-0.39, 0.29) is 0 Å². The van der Waals surface area contributed by atoms with Gasteiger partial charge in [0.25, 0.3) is 0 Å². The fraction of sp³-hybridized carbons (Fsp3) is 1.00. The first kappa shape index (κ1) is 12.0. The maximum atomic E-state index is 5.61. The van der Waals surface area contributed by atoms with Crippen LogP contribution in [0.2, 0.25) is 0 Å². The Hall–Kier alpha value is -0.120. The van der Waals surface area contributed by atoms with Gasteiger partial charge in [0, 0.05) is 26.3 Å². The van der Waals surface area contributed by atoms with Crippen LogP contribution in [0, 0.1) is 11.8 Å². The summed E-state index contributed by atoms with van der Waals surface area (Å²) in [5, 5.41) is 0. The van der Waals surface area contributed by atoms with Gasteiger partial charge in [-0.2, -0.15) is 0 Å². The van der Waals surface area contributed by atoms with Gasteiger partial charge in [-0.1, -0.05) is 6.92 Å². The zero-order valence-electron chi connectivity index (χ0n) is 9.54. The van der Waals surface area contributed by atoms with Crippen LogP contribution in [0.15, 0.2) is 0 Å². The van der Waals surface area contributed by atoms with Crippen LogP contribution in [-0.2, 0) is 4.74 Å². The van der Waals surface area contributed by atoms with Gasteiger partial charge in [-0.25, -0.2) is 0 Å². The van der Waals surface area contributed by atoms with Crippen molar-refractivity contribution >= 4 is 0 Å². The molecular weight excluding hydrogens is 176 g/mol. The lowest BCUT2D eigenvalue weighted by atomic mass is 9.99. The molecule has 1 aliphatic heterocycles. The van der Waals surface area contributed by atoms with E-state index in [0.29, 0.717) is 5.92 Å². The molecule has 1 aliphatic rings. The summed E-state index contributed by atoms with van der Waals surface area (Å²) >= 11 is 0. The van der Waals surface area contributed by atoms with Gasteiger partial charge in [0.15, 0.2) is 0 Å². The molecule has 1 heterocycles. The van der Waals surface area contributed by atoms with Crippen LogP contribution in [-0.4, -0.2) is 44.8 Å². The minimum Gasteiger partial charge on any atom is -0.381 e. The quantitative estimate of drug-likeness (QED) is 0.718. The third kappa shape index (κ3) is 4.40. The van der Waals surface area contributed by atoms with E-state index in [4.69, 9.17) is 10.5 Å². The Bertz CT molecular complexity index is 146. The normalized spacial score (nSPS) is 21.4. The van der Waals surface area contributed by atoms with E-state index in [2.05, 4.69) is 18.9 Å². The van der Waals surface area contributed by atoms with Crippen molar-refractivity contribution in [2.24, 2.45) is 17.6 Å². The molecule has 0 amide bonds. The summed E-state index contributed by atoms with van der Waals surface area (Å²) in [5.74, 6) is 1.44. The zero-order chi connectivity index (χ0) is 10.4. The molecule has 0 radical (unpaired) electrons. The van der Waals surface area contributed by atoms with Crippen molar-refractivity contribution in [2.45, 2.75) is 19.8 Å². The van der Waals surface area contributed by atoms with E-state index in [9.17, 15) is 0 Å². The number of ether oxygens (including phenoxy) is 1. The third-order valence-electron chi connectivity index (χ3n) is 2.94. The highest BCUT2D eigenvalue weighted by molar-refractivity contribution is 4.68. The maximum absolute atomic E-state index is 5.61. The molecule has 1 saturated heterocycles. The molecule has 0 aromatic heterocycles. The van der Waals surface area contributed by atoms with Crippen LogP contribution in [0.25, 0.3) is 0 Å². The summed E-state index contributed by atoms with van der Waals surface area (Å²) in [4.78, 5) is 2.41. The van der Waals surface area contributed by atoms with Gasteiger partial charge in [0.2, 0.25) is 0 Å². The molecular formula is C11H24N2O. The molecule has 0 aliphatic carbocycles. The zero-order valence-corrected chi connectivity index (χ0v) is 9.54. The van der Waals surface area contributed by atoms with E-state index in [1.54, 1.807) is 0 Å². The summed E-state index contributed by atoms with van der Waals surface area (Å²) in [6.07, 6.45) is 2.45. The lowest BCUT2D eigenvalue weighted by Crippen LogP contribution is -2.34. The van der Waals surface area contributed by atoms with Crippen molar-refractivity contribution < 1.29 is 4.74 Å². The Morgan fingerprint density at radius 3 is 2.64 bits per heavy atom. The predicted molar refractivity (Wildman–Crippen MR) is 59.3 cm³/mol. The predicted octanol–water partition coefficient (Wildman–Crippen LogP) is 0.940. The van der Waals surface area contributed by atoms with Crippen molar-refractivity contribution in [2.75, 3.05) is 39.9 Å². The van der Waals surface area contributed by atoms with E-state index >= 15 is 0 Å². The molecule has 0 saturated carbocycles. The highest BCUT2D eigenvalue weighted by Crippen LogP contribution is 2.15. The van der Waals surface area contributed by atoms with Crippen LogP contribution in [0.3, 0.4) is 0 Å². The van der Waals surface area contributed by atoms with E-state index < -0.39 is 0 Å². The molecule has 1 atom stereocenters. The molecule has 0 aromatic carbocycles. The fourth-order valence-corrected chi connectivity index (χ4v) is 2.05. The Morgan fingerprint density at radius 2 is 2.07 bits per heavy atom. The highest BCUT2D eigenvalue weighted by Gasteiger charge is 2.16. The lowest BCUT2D eigenvalue weighted by Gasteiger charge is -2.28. The second-order valence-corrected chi connectivity index (χ2v) is 4.62. The number of nitrogens with zero attached hydrogens (tertiary/aromatic N) is 1. The number of hydrogen-bond acceptors (Lipinski definition) is 3. The molecule has 1 fully saturated rings. The average Bonchev–Trinajstić information content (AvgIpc) is 2.19. The lowest BCUT2D eigenvalue weighted by molar-refractivity contribution is 0.0544. The minimum atomic E-state index is 0.611. The molecule has 0 aromatic rings. The Morgan fingerprint density at radius 1 is 1.43 bits per heavy atom. The summed E-state index contributed by atoms with van der Waals surface area (Å²) < 4.78 is 5.35. The van der Waals surface area contributed by atoms with E-state index in [0.717, 1.165) is 32.2 Å². The molecule has 0 bridgehead atoms. The van der Waals surface area contributed by atoms with Gasteiger partial charge in [0.05, 0.1) is 0 Å². The van der Waals surface area contributed by atoms with Crippen molar-refractivity contribution in [1.82, 2.24) is 4.90 Å². The Kier molecular flexibility index (Phi) is 5.45. The summed E-state index contributed by atoms with van der Waals surface area (Å²) in [7, 11) is 2.20. The van der Waals surface area contributed by atoms with Gasteiger partial charge in [-0.05, 0) is 38.3 Å². The largest absolute Gasteiger partial charge is 0.381 e. The van der Waals surface area contributed by atoms with Gasteiger partial charge >= 0.3 is 0 Å². The second kappa shape index (κ2) is 6.38. The first-order chi connectivity index (χ1) is 6.72. The first-order valence-electron chi connectivity index (χ1n) is 5.68. The highest BCUT2D eigenvalue weighted by atomic mass is 16.5. The van der Waals surface area contributed by atoms with Gasteiger partial charge < -0.3 is 15.4 Å². The summed E-state index contributed by atoms with van der Waals surface area (Å²) in [6, 6.07) is 0. The SMILES string of the molecule is CC(CN)CN(C)CC1CCOCC1. The van der Waals surface area contributed by atoms with Crippen LogP contribution in [0.1, 0.15) is 19.8 Å². The van der Waals surface area contributed by atoms with Crippen molar-refractivity contribution in [3.05, 3.63) is 0 Å². The molecule has 14 heavy (non-hydrogen) atoms. The fourth-order valence-electron chi connectivity index (χ4n) is 2.05. The van der Waals surface area contributed by atoms with Crippen LogP contribution < -0.4 is 5.73 Å². The van der Waals surface area contributed by atoms with Crippen LogP contribution >= 0.6 is 0 Å². The second-order valence-electron chi connectivity index (χ2n) is 4.62. The third-order valence-corrected chi connectivity index (χ3v) is 2.94. The molecule has 2 N–H and O–H groups in total. The molecule has 3 nitrogen and oxygen atoms in total. The van der Waals surface area contributed by atoms with E-state index in [1.165, 1.54) is 19.4 Å². The standard InChI is InChI=1S/C11H24N2O/c1-10(7-12)8-13(2)9-11-3-5-14-6-4-11/h10-11H,3-9,12H2,1-2H3. The monoisotopic (exact) mass is 200 g/mol. The number of nitrogens with two attached hydrogens (primary N) is 1. The molecule has 3 heteroatoms. The van der Waals surface area contributed by atoms with Crippen molar-refractivity contribution in [3.63, 3.8) is 0 Å². The van der Waals surface area contributed by atoms with Crippen LogP contribution in [0.5, 0.6) is 0 Å². The summed E-state index contributed by atoms with van der Waals surface area (Å²) in [6.45, 7) is 7.22. The number of rotatable bonds is 5. The first-order valence-corrected chi connectivity index (χ1v) is 5.68. The minimum absolute atomic E-state index is 0.611. The number of hydrogen-bond donors (Lipinski definition) is 1. The summed E-state index contributed by atoms with van der Waals surface area (Å²) in [5.41, 5.74) is 5.61. The van der Waals surface area contributed by atoms with Gasteiger partial charge in [-0.15, -0.1) is 0 Å². The smallest absolute Gasteiger partial charge is 0.0469 e. The molecule has 84 valence electrons. The Labute approximate surface area is 87.6 Å². The van der Waals surface area contributed by atoms with E-state index in [1.807, 2.05) is 0 Å². The van der Waals surface area contributed by atoms with Crippen molar-refractivity contribution in [1.29, 1.82) is 0 Å². The van der Waals surface area contributed by atoms with Crippen molar-refractivity contribution in [3.8, 4) is 0 Å². The van der Waals surface area contributed by atoms with Gasteiger partial charge in [0.1, 0.15) is 0 Å². The van der Waals surface area contributed by atoms with Crippen LogP contribution in [0.4, 0.5) is 0 Å². The molecule has 0 spiro atoms.